The SMILES string of the molecule is CC=CCCc1ccc(C2CCC(C3CCC(C[C@@H](C)c4ccccc4)CC3)CC2)cc1F. The van der Waals surface area contributed by atoms with E-state index in [1.165, 1.54) is 68.9 Å². The van der Waals surface area contributed by atoms with Gasteiger partial charge >= 0.3 is 0 Å². The summed E-state index contributed by atoms with van der Waals surface area (Å²) < 4.78 is 14.6. The predicted octanol–water partition coefficient (Wildman–Crippen LogP) is 9.61. The maximum Gasteiger partial charge on any atom is 0.126 e. The standard InChI is InChI=1S/C32H43F/c1-3-4-6-11-30-20-21-31(23-32(30)33)29-18-16-28(17-19-29)27-14-12-25(13-15-27)22-24(2)26-9-7-5-8-10-26/h3-5,7-10,20-21,23-25,27-29H,6,11-19,22H2,1-2H3/t24-,25?,27?,28?,29?/m1/s1. The van der Waals surface area contributed by atoms with Gasteiger partial charge in [-0.1, -0.05) is 74.4 Å². The minimum absolute atomic E-state index is 0.00202. The van der Waals surface area contributed by atoms with Gasteiger partial charge in [0.2, 0.25) is 0 Å². The van der Waals surface area contributed by atoms with E-state index < -0.39 is 0 Å². The fraction of sp³-hybridized carbons (Fsp3) is 0.562. The van der Waals surface area contributed by atoms with Crippen molar-refractivity contribution in [1.82, 2.24) is 0 Å². The Bertz CT molecular complexity index is 867. The Morgan fingerprint density at radius 2 is 1.55 bits per heavy atom. The number of hydrogen-bond donors (Lipinski definition) is 0. The van der Waals surface area contributed by atoms with E-state index in [-0.39, 0.29) is 5.82 Å². The zero-order chi connectivity index (χ0) is 23.0. The van der Waals surface area contributed by atoms with Crippen LogP contribution in [0.4, 0.5) is 4.39 Å². The van der Waals surface area contributed by atoms with Crippen molar-refractivity contribution in [2.45, 2.75) is 96.3 Å². The highest BCUT2D eigenvalue weighted by Crippen LogP contribution is 2.45. The summed E-state index contributed by atoms with van der Waals surface area (Å²) in [7, 11) is 0. The van der Waals surface area contributed by atoms with Crippen LogP contribution < -0.4 is 0 Å². The largest absolute Gasteiger partial charge is 0.207 e. The second-order valence-corrected chi connectivity index (χ2v) is 10.9. The molecule has 2 aliphatic carbocycles. The number of rotatable bonds is 8. The first-order chi connectivity index (χ1) is 16.1. The summed E-state index contributed by atoms with van der Waals surface area (Å²) in [6, 6.07) is 17.1. The van der Waals surface area contributed by atoms with Crippen LogP contribution >= 0.6 is 0 Å². The molecular formula is C32H43F. The number of allylic oxidation sites excluding steroid dienone is 2. The van der Waals surface area contributed by atoms with E-state index in [1.54, 1.807) is 0 Å². The highest BCUT2D eigenvalue weighted by molar-refractivity contribution is 5.28. The lowest BCUT2D eigenvalue weighted by atomic mass is 9.67. The molecule has 0 spiro atoms. The van der Waals surface area contributed by atoms with Crippen LogP contribution in [-0.2, 0) is 6.42 Å². The summed E-state index contributed by atoms with van der Waals surface area (Å²) >= 11 is 0. The van der Waals surface area contributed by atoms with E-state index in [0.717, 1.165) is 36.2 Å². The van der Waals surface area contributed by atoms with Crippen molar-refractivity contribution < 1.29 is 4.39 Å². The van der Waals surface area contributed by atoms with Gasteiger partial charge in [-0.05, 0) is 117 Å². The second kappa shape index (κ2) is 12.0. The zero-order valence-electron chi connectivity index (χ0n) is 20.8. The van der Waals surface area contributed by atoms with Gasteiger partial charge in [0.05, 0.1) is 0 Å². The Labute approximate surface area is 201 Å². The van der Waals surface area contributed by atoms with Crippen LogP contribution in [0.5, 0.6) is 0 Å². The molecule has 2 aromatic carbocycles. The fourth-order valence-corrected chi connectivity index (χ4v) is 6.66. The van der Waals surface area contributed by atoms with Crippen LogP contribution in [0.15, 0.2) is 60.7 Å². The topological polar surface area (TPSA) is 0 Å². The van der Waals surface area contributed by atoms with E-state index in [1.807, 2.05) is 25.1 Å². The molecule has 0 aliphatic heterocycles. The summed E-state index contributed by atoms with van der Waals surface area (Å²) in [4.78, 5) is 0. The average molecular weight is 447 g/mol. The smallest absolute Gasteiger partial charge is 0.126 e. The van der Waals surface area contributed by atoms with Crippen LogP contribution in [0.2, 0.25) is 0 Å². The first kappa shape index (κ1) is 24.2. The normalized spacial score (nSPS) is 27.0. The van der Waals surface area contributed by atoms with Gasteiger partial charge in [-0.3, -0.25) is 0 Å². The van der Waals surface area contributed by atoms with Crippen LogP contribution in [0.25, 0.3) is 0 Å². The first-order valence-electron chi connectivity index (χ1n) is 13.6. The lowest BCUT2D eigenvalue weighted by Crippen LogP contribution is -2.26. The Hall–Kier alpha value is -1.89. The van der Waals surface area contributed by atoms with Crippen LogP contribution in [0, 0.1) is 23.6 Å². The van der Waals surface area contributed by atoms with Crippen LogP contribution in [-0.4, -0.2) is 0 Å². The van der Waals surface area contributed by atoms with E-state index in [9.17, 15) is 4.39 Å². The van der Waals surface area contributed by atoms with Gasteiger partial charge in [0.25, 0.3) is 0 Å². The van der Waals surface area contributed by atoms with E-state index in [0.29, 0.717) is 11.8 Å². The molecule has 0 nitrogen and oxygen atoms in total. The van der Waals surface area contributed by atoms with E-state index in [4.69, 9.17) is 0 Å². The monoisotopic (exact) mass is 446 g/mol. The molecule has 0 amide bonds. The third kappa shape index (κ3) is 6.58. The molecule has 0 saturated heterocycles. The molecule has 0 radical (unpaired) electrons. The minimum atomic E-state index is 0.00202. The predicted molar refractivity (Wildman–Crippen MR) is 139 cm³/mol. The summed E-state index contributed by atoms with van der Waals surface area (Å²) in [5.41, 5.74) is 3.60. The molecule has 33 heavy (non-hydrogen) atoms. The van der Waals surface area contributed by atoms with Crippen molar-refractivity contribution in [3.63, 3.8) is 0 Å². The lowest BCUT2D eigenvalue weighted by Gasteiger charge is -2.38. The minimum Gasteiger partial charge on any atom is -0.207 e. The van der Waals surface area contributed by atoms with Crippen LogP contribution in [0.1, 0.15) is 107 Å². The molecule has 178 valence electrons. The second-order valence-electron chi connectivity index (χ2n) is 10.9. The Morgan fingerprint density at radius 1 is 0.879 bits per heavy atom. The van der Waals surface area contributed by atoms with Gasteiger partial charge in [0.1, 0.15) is 5.82 Å². The van der Waals surface area contributed by atoms with E-state index in [2.05, 4.69) is 49.4 Å². The van der Waals surface area contributed by atoms with Crippen molar-refractivity contribution in [2.75, 3.05) is 0 Å². The summed E-state index contributed by atoms with van der Waals surface area (Å²) in [5.74, 6) is 3.98. The Morgan fingerprint density at radius 3 is 2.18 bits per heavy atom. The van der Waals surface area contributed by atoms with E-state index >= 15 is 0 Å². The summed E-state index contributed by atoms with van der Waals surface area (Å²) in [6.07, 6.45) is 18.1. The molecule has 0 N–H and O–H groups in total. The van der Waals surface area contributed by atoms with Crippen molar-refractivity contribution in [2.24, 2.45) is 17.8 Å². The highest BCUT2D eigenvalue weighted by Gasteiger charge is 2.32. The van der Waals surface area contributed by atoms with Gasteiger partial charge in [0, 0.05) is 0 Å². The zero-order valence-corrected chi connectivity index (χ0v) is 20.8. The maximum absolute atomic E-state index is 14.6. The molecule has 2 fully saturated rings. The Balaban J connectivity index is 1.22. The number of hydrogen-bond acceptors (Lipinski definition) is 0. The fourth-order valence-electron chi connectivity index (χ4n) is 6.66. The van der Waals surface area contributed by atoms with Crippen molar-refractivity contribution >= 4 is 0 Å². The molecule has 0 aromatic heterocycles. The van der Waals surface area contributed by atoms with Gasteiger partial charge in [-0.15, -0.1) is 0 Å². The number of benzene rings is 2. The maximum atomic E-state index is 14.6. The summed E-state index contributed by atoms with van der Waals surface area (Å²) in [5, 5.41) is 0. The van der Waals surface area contributed by atoms with Crippen molar-refractivity contribution in [3.8, 4) is 0 Å². The number of aryl methyl sites for hydroxylation is 1. The van der Waals surface area contributed by atoms with Gasteiger partial charge in [-0.2, -0.15) is 0 Å². The third-order valence-electron chi connectivity index (χ3n) is 8.75. The van der Waals surface area contributed by atoms with Crippen molar-refractivity contribution in [1.29, 1.82) is 0 Å². The molecule has 0 bridgehead atoms. The molecule has 2 aliphatic rings. The van der Waals surface area contributed by atoms with Gasteiger partial charge in [0.15, 0.2) is 0 Å². The number of halogens is 1. The van der Waals surface area contributed by atoms with Gasteiger partial charge in [-0.25, -0.2) is 4.39 Å². The Kier molecular flexibility index (Phi) is 8.82. The highest BCUT2D eigenvalue weighted by atomic mass is 19.1. The molecule has 0 heterocycles. The molecule has 4 rings (SSSR count). The molecule has 0 unspecified atom stereocenters. The molecule has 1 atom stereocenters. The molecular weight excluding hydrogens is 403 g/mol. The van der Waals surface area contributed by atoms with Gasteiger partial charge < -0.3 is 0 Å². The molecule has 1 heteroatoms. The molecule has 2 saturated carbocycles. The third-order valence-corrected chi connectivity index (χ3v) is 8.75. The lowest BCUT2D eigenvalue weighted by molar-refractivity contribution is 0.154. The summed E-state index contributed by atoms with van der Waals surface area (Å²) in [6.45, 7) is 4.42. The van der Waals surface area contributed by atoms with Crippen molar-refractivity contribution in [3.05, 3.63) is 83.2 Å². The first-order valence-corrected chi connectivity index (χ1v) is 13.6. The average Bonchev–Trinajstić information content (AvgIpc) is 2.86. The quantitative estimate of drug-likeness (QED) is 0.354. The van der Waals surface area contributed by atoms with Crippen LogP contribution in [0.3, 0.4) is 0 Å². The molecule has 2 aromatic rings.